The summed E-state index contributed by atoms with van der Waals surface area (Å²) in [6.45, 7) is 3.51. The molecule has 0 aromatic heterocycles. The number of hydrogen-bond acceptors (Lipinski definition) is 4. The second kappa shape index (κ2) is 7.50. The van der Waals surface area contributed by atoms with Gasteiger partial charge in [-0.15, -0.1) is 0 Å². The lowest BCUT2D eigenvalue weighted by Gasteiger charge is -2.31. The van der Waals surface area contributed by atoms with Crippen LogP contribution in [0.5, 0.6) is 11.5 Å². The first-order valence-electron chi connectivity index (χ1n) is 7.31. The Morgan fingerprint density at radius 1 is 1.25 bits per heavy atom. The lowest BCUT2D eigenvalue weighted by atomic mass is 9.98. The average molecular weight is 279 g/mol. The van der Waals surface area contributed by atoms with E-state index in [1.807, 2.05) is 12.1 Å². The van der Waals surface area contributed by atoms with Crippen LogP contribution in [0.2, 0.25) is 0 Å². The molecule has 1 atom stereocenters. The van der Waals surface area contributed by atoms with Crippen LogP contribution in [0.4, 0.5) is 0 Å². The van der Waals surface area contributed by atoms with E-state index >= 15 is 0 Å². The van der Waals surface area contributed by atoms with Gasteiger partial charge in [0, 0.05) is 19.7 Å². The maximum Gasteiger partial charge on any atom is 0.160 e. The normalized spacial score (nSPS) is 19.9. The summed E-state index contributed by atoms with van der Waals surface area (Å²) in [5.41, 5.74) is 1.26. The van der Waals surface area contributed by atoms with Gasteiger partial charge in [-0.3, -0.25) is 0 Å². The van der Waals surface area contributed by atoms with Crippen molar-refractivity contribution in [1.29, 1.82) is 0 Å². The molecule has 1 fully saturated rings. The van der Waals surface area contributed by atoms with Crippen LogP contribution in [0.15, 0.2) is 18.2 Å². The summed E-state index contributed by atoms with van der Waals surface area (Å²) in [6.07, 6.45) is 3.35. The fraction of sp³-hybridized carbons (Fsp3) is 0.625. The van der Waals surface area contributed by atoms with Gasteiger partial charge in [-0.25, -0.2) is 0 Å². The zero-order valence-electron chi connectivity index (χ0n) is 12.5. The van der Waals surface area contributed by atoms with Gasteiger partial charge in [-0.2, -0.15) is 0 Å². The molecule has 0 aliphatic carbocycles. The van der Waals surface area contributed by atoms with E-state index in [1.54, 1.807) is 14.2 Å². The van der Waals surface area contributed by atoms with Crippen molar-refractivity contribution in [3.05, 3.63) is 23.8 Å². The van der Waals surface area contributed by atoms with Crippen molar-refractivity contribution in [2.24, 2.45) is 5.92 Å². The number of benzene rings is 1. The van der Waals surface area contributed by atoms with E-state index in [1.165, 1.54) is 12.0 Å². The largest absolute Gasteiger partial charge is 0.493 e. The number of likely N-dealkylation sites (tertiary alicyclic amines) is 1. The van der Waals surface area contributed by atoms with E-state index in [9.17, 15) is 5.11 Å². The summed E-state index contributed by atoms with van der Waals surface area (Å²) >= 11 is 0. The molecule has 4 nitrogen and oxygen atoms in total. The number of nitrogens with zero attached hydrogens (tertiary/aromatic N) is 1. The van der Waals surface area contributed by atoms with E-state index in [2.05, 4.69) is 11.0 Å². The molecule has 0 saturated carbocycles. The predicted octanol–water partition coefficient (Wildman–Crippen LogP) is 1.95. The molecule has 0 spiro atoms. The fourth-order valence-corrected chi connectivity index (χ4v) is 2.83. The SMILES string of the molecule is COc1ccc(CCN2CCC[C@@H](CO)C2)cc1OC. The van der Waals surface area contributed by atoms with Crippen molar-refractivity contribution >= 4 is 0 Å². The van der Waals surface area contributed by atoms with Gasteiger partial charge in [-0.05, 0) is 49.4 Å². The minimum atomic E-state index is 0.312. The third kappa shape index (κ3) is 3.87. The van der Waals surface area contributed by atoms with Gasteiger partial charge in [-0.1, -0.05) is 6.07 Å². The van der Waals surface area contributed by atoms with Crippen LogP contribution >= 0.6 is 0 Å². The van der Waals surface area contributed by atoms with Crippen LogP contribution in [0, 0.1) is 5.92 Å². The first-order chi connectivity index (χ1) is 9.76. The molecule has 1 N–H and O–H groups in total. The lowest BCUT2D eigenvalue weighted by molar-refractivity contribution is 0.121. The fourth-order valence-electron chi connectivity index (χ4n) is 2.83. The molecule has 2 rings (SSSR count). The monoisotopic (exact) mass is 279 g/mol. The molecule has 1 aliphatic heterocycles. The maximum atomic E-state index is 9.26. The summed E-state index contributed by atoms with van der Waals surface area (Å²) < 4.78 is 10.6. The third-order valence-corrected chi connectivity index (χ3v) is 4.03. The highest BCUT2D eigenvalue weighted by Gasteiger charge is 2.18. The number of hydrogen-bond donors (Lipinski definition) is 1. The summed E-state index contributed by atoms with van der Waals surface area (Å²) in [7, 11) is 3.32. The van der Waals surface area contributed by atoms with Crippen molar-refractivity contribution in [3.63, 3.8) is 0 Å². The van der Waals surface area contributed by atoms with Crippen molar-refractivity contribution in [2.45, 2.75) is 19.3 Å². The Morgan fingerprint density at radius 3 is 2.75 bits per heavy atom. The minimum Gasteiger partial charge on any atom is -0.493 e. The molecular formula is C16H25NO3. The van der Waals surface area contributed by atoms with E-state index in [-0.39, 0.29) is 0 Å². The number of aliphatic hydroxyl groups excluding tert-OH is 1. The molecule has 0 radical (unpaired) electrons. The summed E-state index contributed by atoms with van der Waals surface area (Å²) in [5.74, 6) is 2.01. The molecule has 112 valence electrons. The van der Waals surface area contributed by atoms with Crippen LogP contribution < -0.4 is 9.47 Å². The molecule has 1 heterocycles. The van der Waals surface area contributed by atoms with Crippen LogP contribution in [-0.4, -0.2) is 50.5 Å². The number of piperidine rings is 1. The Morgan fingerprint density at radius 2 is 2.05 bits per heavy atom. The Hall–Kier alpha value is -1.26. The first kappa shape index (κ1) is 15.1. The van der Waals surface area contributed by atoms with Gasteiger partial charge in [0.2, 0.25) is 0 Å². The topological polar surface area (TPSA) is 41.9 Å². The molecule has 1 aromatic carbocycles. The first-order valence-corrected chi connectivity index (χ1v) is 7.31. The van der Waals surface area contributed by atoms with Gasteiger partial charge < -0.3 is 19.5 Å². The van der Waals surface area contributed by atoms with E-state index < -0.39 is 0 Å². The number of rotatable bonds is 6. The smallest absolute Gasteiger partial charge is 0.160 e. The summed E-state index contributed by atoms with van der Waals surface area (Å²) in [4.78, 5) is 2.45. The standard InChI is InChI=1S/C16H25NO3/c1-19-15-6-5-13(10-16(15)20-2)7-9-17-8-3-4-14(11-17)12-18/h5-6,10,14,18H,3-4,7-9,11-12H2,1-2H3/t14-/m1/s1. The Bertz CT molecular complexity index is 422. The van der Waals surface area contributed by atoms with E-state index in [4.69, 9.17) is 9.47 Å². The van der Waals surface area contributed by atoms with E-state index in [0.29, 0.717) is 12.5 Å². The highest BCUT2D eigenvalue weighted by molar-refractivity contribution is 5.42. The Balaban J connectivity index is 1.90. The number of ether oxygens (including phenoxy) is 2. The van der Waals surface area contributed by atoms with Gasteiger partial charge in [0.15, 0.2) is 11.5 Å². The summed E-state index contributed by atoms with van der Waals surface area (Å²) in [5, 5.41) is 9.26. The van der Waals surface area contributed by atoms with E-state index in [0.717, 1.165) is 44.0 Å². The van der Waals surface area contributed by atoms with Crippen LogP contribution in [0.3, 0.4) is 0 Å². The van der Waals surface area contributed by atoms with Crippen molar-refractivity contribution in [3.8, 4) is 11.5 Å². The molecule has 1 aromatic rings. The second-order valence-electron chi connectivity index (χ2n) is 5.43. The minimum absolute atomic E-state index is 0.312. The lowest BCUT2D eigenvalue weighted by Crippen LogP contribution is -2.37. The van der Waals surface area contributed by atoms with Gasteiger partial charge in [0.25, 0.3) is 0 Å². The highest BCUT2D eigenvalue weighted by Crippen LogP contribution is 2.28. The Labute approximate surface area is 121 Å². The van der Waals surface area contributed by atoms with Gasteiger partial charge in [0.05, 0.1) is 14.2 Å². The quantitative estimate of drug-likeness (QED) is 0.864. The van der Waals surface area contributed by atoms with Gasteiger partial charge >= 0.3 is 0 Å². The molecule has 20 heavy (non-hydrogen) atoms. The molecular weight excluding hydrogens is 254 g/mol. The molecule has 1 aliphatic rings. The predicted molar refractivity (Wildman–Crippen MR) is 79.5 cm³/mol. The number of aliphatic hydroxyl groups is 1. The molecule has 0 unspecified atom stereocenters. The average Bonchev–Trinajstić information content (AvgIpc) is 2.52. The van der Waals surface area contributed by atoms with Crippen molar-refractivity contribution in [2.75, 3.05) is 40.5 Å². The molecule has 1 saturated heterocycles. The molecule has 0 bridgehead atoms. The zero-order chi connectivity index (χ0) is 14.4. The maximum absolute atomic E-state index is 9.26. The summed E-state index contributed by atoms with van der Waals surface area (Å²) in [6, 6.07) is 6.10. The van der Waals surface area contributed by atoms with Crippen molar-refractivity contribution < 1.29 is 14.6 Å². The van der Waals surface area contributed by atoms with Crippen LogP contribution in [-0.2, 0) is 6.42 Å². The third-order valence-electron chi connectivity index (χ3n) is 4.03. The Kier molecular flexibility index (Phi) is 5.68. The number of methoxy groups -OCH3 is 2. The molecule has 4 heteroatoms. The van der Waals surface area contributed by atoms with Crippen LogP contribution in [0.1, 0.15) is 18.4 Å². The van der Waals surface area contributed by atoms with Gasteiger partial charge in [0.1, 0.15) is 0 Å². The second-order valence-corrected chi connectivity index (χ2v) is 5.43. The van der Waals surface area contributed by atoms with Crippen LogP contribution in [0.25, 0.3) is 0 Å². The highest BCUT2D eigenvalue weighted by atomic mass is 16.5. The zero-order valence-corrected chi connectivity index (χ0v) is 12.5. The van der Waals surface area contributed by atoms with Crippen molar-refractivity contribution in [1.82, 2.24) is 4.90 Å². The molecule has 0 amide bonds.